The number of alkyl halides is 3. The van der Waals surface area contributed by atoms with E-state index < -0.39 is 24.6 Å². The number of thioether (sulfide) groups is 1. The Morgan fingerprint density at radius 2 is 1.33 bits per heavy atom. The molecular weight excluding hydrogens is 472 g/mol. The van der Waals surface area contributed by atoms with Gasteiger partial charge in [-0.2, -0.15) is 0 Å². The van der Waals surface area contributed by atoms with Crippen LogP contribution in [0.5, 0.6) is 0 Å². The molecule has 0 aromatic heterocycles. The third-order valence-corrected chi connectivity index (χ3v) is 24.3. The molecule has 1 aromatic carbocycles. The molecule has 0 saturated heterocycles. The van der Waals surface area contributed by atoms with Crippen molar-refractivity contribution in [3.8, 4) is 0 Å². The molecule has 5 heteroatoms. The molecule has 0 unspecified atom stereocenters. The number of unbranched alkanes of at least 4 members (excludes halogenated alkanes) is 3. The molecule has 1 aromatic rings. The van der Waals surface area contributed by atoms with Crippen LogP contribution in [0, 0.1) is 6.92 Å². The molecular formula is C22H35F3SSn. The van der Waals surface area contributed by atoms with Crippen LogP contribution in [-0.4, -0.2) is 24.6 Å². The van der Waals surface area contributed by atoms with Crippen LogP contribution in [0.4, 0.5) is 13.2 Å². The summed E-state index contributed by atoms with van der Waals surface area (Å²) in [6.45, 7) is 8.46. The summed E-state index contributed by atoms with van der Waals surface area (Å²) < 4.78 is 44.4. The number of rotatable bonds is 12. The minimum atomic E-state index is -4.24. The zero-order valence-electron chi connectivity index (χ0n) is 17.3. The molecule has 0 aliphatic heterocycles. The van der Waals surface area contributed by atoms with Gasteiger partial charge in [-0.05, 0) is 0 Å². The summed E-state index contributed by atoms with van der Waals surface area (Å²) in [5.41, 5.74) is 1.14. The van der Waals surface area contributed by atoms with Crippen molar-refractivity contribution in [2.24, 2.45) is 0 Å². The second-order valence-corrected chi connectivity index (χ2v) is 22.8. The van der Waals surface area contributed by atoms with Crippen molar-refractivity contribution in [1.29, 1.82) is 0 Å². The van der Waals surface area contributed by atoms with Gasteiger partial charge in [-0.15, -0.1) is 0 Å². The summed E-state index contributed by atoms with van der Waals surface area (Å²) in [4.78, 5) is 0.946. The van der Waals surface area contributed by atoms with E-state index in [1.807, 2.05) is 31.2 Å². The van der Waals surface area contributed by atoms with Crippen molar-refractivity contribution in [3.63, 3.8) is 0 Å². The normalized spacial score (nSPS) is 13.2. The molecule has 0 aliphatic carbocycles. The first kappa shape index (κ1) is 24.9. The van der Waals surface area contributed by atoms with Gasteiger partial charge in [-0.25, -0.2) is 0 Å². The third kappa shape index (κ3) is 9.29. The van der Waals surface area contributed by atoms with Gasteiger partial charge in [0, 0.05) is 0 Å². The molecule has 0 amide bonds. The third-order valence-electron chi connectivity index (χ3n) is 5.09. The molecule has 27 heavy (non-hydrogen) atoms. The van der Waals surface area contributed by atoms with E-state index in [1.165, 1.54) is 11.8 Å². The molecule has 0 fully saturated rings. The predicted molar refractivity (Wildman–Crippen MR) is 116 cm³/mol. The number of benzene rings is 1. The monoisotopic (exact) mass is 508 g/mol. The summed E-state index contributed by atoms with van der Waals surface area (Å²) in [5, 5.41) is 0. The predicted octanol–water partition coefficient (Wildman–Crippen LogP) is 8.92. The molecule has 0 nitrogen and oxygen atoms in total. The number of hydrogen-bond acceptors (Lipinski definition) is 1. The van der Waals surface area contributed by atoms with Crippen LogP contribution in [0.15, 0.2) is 38.2 Å². The van der Waals surface area contributed by atoms with Gasteiger partial charge in [-0.1, -0.05) is 0 Å². The van der Waals surface area contributed by atoms with Gasteiger partial charge in [0.15, 0.2) is 0 Å². The van der Waals surface area contributed by atoms with Crippen molar-refractivity contribution >= 4 is 30.1 Å². The SMILES string of the molecule is CCC[CH2][Sn]([CH2]CCC)([CH2]CCC)/[C](=C\C(F)(F)F)Sc1ccc(C)cc1. The van der Waals surface area contributed by atoms with Gasteiger partial charge in [-0.3, -0.25) is 0 Å². The quantitative estimate of drug-likeness (QED) is 0.201. The summed E-state index contributed by atoms with van der Waals surface area (Å²) in [7, 11) is 0. The first-order valence-corrected chi connectivity index (χ1v) is 18.6. The van der Waals surface area contributed by atoms with Crippen LogP contribution in [0.25, 0.3) is 0 Å². The fourth-order valence-corrected chi connectivity index (χ4v) is 23.7. The van der Waals surface area contributed by atoms with Gasteiger partial charge in [0.1, 0.15) is 0 Å². The zero-order chi connectivity index (χ0) is 20.3. The summed E-state index contributed by atoms with van der Waals surface area (Å²) in [5.74, 6) is 0. The maximum atomic E-state index is 13.5. The Hall–Kier alpha value is -0.101. The van der Waals surface area contributed by atoms with Crippen LogP contribution in [0.1, 0.15) is 64.9 Å². The molecule has 154 valence electrons. The number of hydrogen-bond donors (Lipinski definition) is 0. The van der Waals surface area contributed by atoms with Crippen molar-refractivity contribution < 1.29 is 13.2 Å². The average Bonchev–Trinajstić information content (AvgIpc) is 2.61. The van der Waals surface area contributed by atoms with Crippen molar-refractivity contribution in [2.75, 3.05) is 0 Å². The van der Waals surface area contributed by atoms with Gasteiger partial charge in [0.05, 0.1) is 0 Å². The Morgan fingerprint density at radius 1 is 0.889 bits per heavy atom. The van der Waals surface area contributed by atoms with E-state index in [0.29, 0.717) is 6.08 Å². The topological polar surface area (TPSA) is 0 Å². The second-order valence-electron chi connectivity index (χ2n) is 7.56. The van der Waals surface area contributed by atoms with Crippen molar-refractivity contribution in [2.45, 2.75) is 90.6 Å². The van der Waals surface area contributed by atoms with E-state index in [-0.39, 0.29) is 0 Å². The molecule has 0 bridgehead atoms. The molecule has 0 radical (unpaired) electrons. The fraction of sp³-hybridized carbons (Fsp3) is 0.636. The van der Waals surface area contributed by atoms with E-state index >= 15 is 0 Å². The molecule has 0 N–H and O–H groups in total. The van der Waals surface area contributed by atoms with Gasteiger partial charge < -0.3 is 0 Å². The first-order chi connectivity index (χ1) is 12.8. The minimum absolute atomic E-state index is 0.689. The van der Waals surface area contributed by atoms with E-state index in [9.17, 15) is 13.2 Å². The molecule has 0 heterocycles. The van der Waals surface area contributed by atoms with E-state index in [2.05, 4.69) is 20.8 Å². The second kappa shape index (κ2) is 12.5. The Morgan fingerprint density at radius 3 is 1.70 bits per heavy atom. The van der Waals surface area contributed by atoms with E-state index in [1.54, 1.807) is 0 Å². The Balaban J connectivity index is 3.35. The summed E-state index contributed by atoms with van der Waals surface area (Å²) in [6, 6.07) is 7.93. The Bertz CT molecular complexity index is 542. The fourth-order valence-electron chi connectivity index (χ4n) is 3.46. The standard InChI is InChI=1S/C10H8F3S.3C4H9.Sn/c1-8-2-4-9(5-3-8)14-7-6-10(11,12)13;3*1-3-4-2;/h2-6H,1H3;3*1,3-4H2,2H3;. The van der Waals surface area contributed by atoms with E-state index in [0.717, 1.165) is 65.2 Å². The number of allylic oxidation sites excluding steroid dienone is 1. The number of halogens is 3. The molecule has 1 rings (SSSR count). The van der Waals surface area contributed by atoms with Crippen molar-refractivity contribution in [1.82, 2.24) is 0 Å². The van der Waals surface area contributed by atoms with Crippen LogP contribution in [0.3, 0.4) is 0 Å². The Labute approximate surface area is 172 Å². The van der Waals surface area contributed by atoms with Crippen molar-refractivity contribution in [3.05, 3.63) is 38.8 Å². The summed E-state index contributed by atoms with van der Waals surface area (Å²) in [6.07, 6.45) is 2.82. The van der Waals surface area contributed by atoms with Crippen LogP contribution in [0.2, 0.25) is 13.3 Å². The molecule has 0 spiro atoms. The first-order valence-electron chi connectivity index (χ1n) is 10.3. The summed E-state index contributed by atoms with van der Waals surface area (Å²) >= 11 is -1.71. The van der Waals surface area contributed by atoms with Crippen LogP contribution >= 0.6 is 11.8 Å². The molecule has 0 saturated carbocycles. The van der Waals surface area contributed by atoms with Crippen LogP contribution in [-0.2, 0) is 0 Å². The zero-order valence-corrected chi connectivity index (χ0v) is 21.0. The van der Waals surface area contributed by atoms with Gasteiger partial charge in [0.2, 0.25) is 0 Å². The van der Waals surface area contributed by atoms with Crippen LogP contribution < -0.4 is 0 Å². The number of aryl methyl sites for hydroxylation is 1. The van der Waals surface area contributed by atoms with Gasteiger partial charge in [0.25, 0.3) is 0 Å². The molecule has 0 aliphatic rings. The van der Waals surface area contributed by atoms with Gasteiger partial charge >= 0.3 is 173 Å². The molecule has 0 atom stereocenters. The Kier molecular flexibility index (Phi) is 11.5. The van der Waals surface area contributed by atoms with E-state index in [4.69, 9.17) is 0 Å². The maximum absolute atomic E-state index is 13.5. The average molecular weight is 507 g/mol.